The summed E-state index contributed by atoms with van der Waals surface area (Å²) in [5, 5.41) is 31.9. The van der Waals surface area contributed by atoms with Crippen molar-refractivity contribution in [3.8, 4) is 5.75 Å². The molecule has 0 saturated carbocycles. The quantitative estimate of drug-likeness (QED) is 0.164. The van der Waals surface area contributed by atoms with Crippen LogP contribution in [0.3, 0.4) is 0 Å². The van der Waals surface area contributed by atoms with Gasteiger partial charge in [-0.15, -0.1) is 0 Å². The van der Waals surface area contributed by atoms with Crippen LogP contribution in [0, 0.1) is 0 Å². The van der Waals surface area contributed by atoms with Gasteiger partial charge in [0.1, 0.15) is 5.75 Å². The number of nitrogens with zero attached hydrogens (tertiary/aromatic N) is 1. The Bertz CT molecular complexity index is 1520. The van der Waals surface area contributed by atoms with Crippen LogP contribution in [0.15, 0.2) is 36.8 Å². The number of benzene rings is 1. The second-order valence-corrected chi connectivity index (χ2v) is 18.2. The average molecular weight is 805 g/mol. The lowest BCUT2D eigenvalue weighted by molar-refractivity contribution is -0.139. The number of carbonyl (C=O) groups is 5. The minimum absolute atomic E-state index is 0.0456. The molecule has 2 heterocycles. The molecule has 324 valence electrons. The molecule has 57 heavy (non-hydrogen) atoms. The number of carboxylic acids is 1. The Balaban J connectivity index is 0.000000740. The van der Waals surface area contributed by atoms with Gasteiger partial charge in [0.25, 0.3) is 0 Å². The van der Waals surface area contributed by atoms with Gasteiger partial charge in [-0.2, -0.15) is 0 Å². The van der Waals surface area contributed by atoms with Crippen LogP contribution in [-0.2, 0) is 36.8 Å². The minimum Gasteiger partial charge on any atom is -0.508 e. The van der Waals surface area contributed by atoms with E-state index in [9.17, 15) is 24.0 Å². The number of hydrogen-bond acceptors (Lipinski definition) is 11. The predicted octanol–water partition coefficient (Wildman–Crippen LogP) is 1.73. The summed E-state index contributed by atoms with van der Waals surface area (Å²) in [5.74, 6) is -1.46. The van der Waals surface area contributed by atoms with Crippen molar-refractivity contribution in [3.05, 3.63) is 48.0 Å². The van der Waals surface area contributed by atoms with Crippen LogP contribution in [0.2, 0.25) is 0 Å². The Morgan fingerprint density at radius 1 is 0.719 bits per heavy atom. The van der Waals surface area contributed by atoms with Crippen LogP contribution >= 0.6 is 0 Å². The fourth-order valence-electron chi connectivity index (χ4n) is 4.74. The molecule has 2 aromatic rings. The number of imidazole rings is 1. The predicted molar refractivity (Wildman–Crippen MR) is 223 cm³/mol. The molecule has 0 unspecified atom stereocenters. The summed E-state index contributed by atoms with van der Waals surface area (Å²) < 4.78 is 0. The number of H-pyrrole nitrogens is 1. The zero-order chi connectivity index (χ0) is 44.4. The number of phenolic OH excluding ortho intramolecular Hbond substituents is 1. The summed E-state index contributed by atoms with van der Waals surface area (Å²) in [7, 11) is 0. The van der Waals surface area contributed by atoms with Crippen LogP contribution in [0.1, 0.15) is 114 Å². The maximum atomic E-state index is 11.7. The van der Waals surface area contributed by atoms with Crippen molar-refractivity contribution in [1.82, 2.24) is 36.6 Å². The Morgan fingerprint density at radius 2 is 1.16 bits per heavy atom. The third-order valence-corrected chi connectivity index (χ3v) is 7.16. The summed E-state index contributed by atoms with van der Waals surface area (Å²) >= 11 is 0. The Kier molecular flexibility index (Phi) is 21.7. The van der Waals surface area contributed by atoms with Crippen molar-refractivity contribution in [2.75, 3.05) is 6.54 Å². The van der Waals surface area contributed by atoms with E-state index in [1.54, 1.807) is 57.6 Å². The van der Waals surface area contributed by atoms with Gasteiger partial charge in [0.15, 0.2) is 0 Å². The number of amides is 4. The number of aliphatic carboxylic acids is 1. The van der Waals surface area contributed by atoms with Gasteiger partial charge in [0.2, 0.25) is 23.6 Å². The maximum Gasteiger partial charge on any atom is 0.305 e. The molecular formula is C40H72N10O7. The number of carbonyl (C=O) groups excluding carboxylic acids is 4. The summed E-state index contributed by atoms with van der Waals surface area (Å²) in [6.07, 6.45) is 5.92. The highest BCUT2D eigenvalue weighted by atomic mass is 16.4. The van der Waals surface area contributed by atoms with Gasteiger partial charge in [-0.05, 0) is 127 Å². The molecule has 0 aliphatic carbocycles. The highest BCUT2D eigenvalue weighted by Crippen LogP contribution is 2.12. The van der Waals surface area contributed by atoms with E-state index in [1.165, 1.54) is 0 Å². The van der Waals surface area contributed by atoms with Crippen molar-refractivity contribution < 1.29 is 34.2 Å². The normalized spacial score (nSPS) is 15.7. The topological polar surface area (TPSA) is 293 Å². The summed E-state index contributed by atoms with van der Waals surface area (Å²) in [6, 6.07) is 4.66. The van der Waals surface area contributed by atoms with E-state index in [1.807, 2.05) is 62.3 Å². The number of carboxylic acid groups (broad SMARTS) is 1. The molecule has 3 rings (SSSR count). The second-order valence-electron chi connectivity index (χ2n) is 18.2. The first kappa shape index (κ1) is 52.4. The summed E-state index contributed by atoms with van der Waals surface area (Å²) in [5.41, 5.74) is 17.7. The summed E-state index contributed by atoms with van der Waals surface area (Å²) in [6.45, 7) is 23.9. The molecule has 4 atom stereocenters. The lowest BCUT2D eigenvalue weighted by Crippen LogP contribution is -2.49. The number of rotatable bonds is 10. The van der Waals surface area contributed by atoms with Crippen molar-refractivity contribution in [2.24, 2.45) is 17.2 Å². The number of aromatic hydroxyl groups is 1. The molecule has 0 spiro atoms. The number of nitrogens with two attached hydrogens (primary N) is 3. The first-order valence-electron chi connectivity index (χ1n) is 19.1. The van der Waals surface area contributed by atoms with Crippen molar-refractivity contribution in [1.29, 1.82) is 0 Å². The van der Waals surface area contributed by atoms with Crippen LogP contribution in [-0.4, -0.2) is 103 Å². The fourth-order valence-corrected chi connectivity index (χ4v) is 4.74. The zero-order valence-corrected chi connectivity index (χ0v) is 36.1. The third-order valence-electron chi connectivity index (χ3n) is 7.16. The van der Waals surface area contributed by atoms with Gasteiger partial charge in [0, 0.05) is 40.5 Å². The van der Waals surface area contributed by atoms with E-state index in [0.29, 0.717) is 12.8 Å². The van der Waals surface area contributed by atoms with E-state index >= 15 is 0 Å². The van der Waals surface area contributed by atoms with Crippen LogP contribution < -0.4 is 43.8 Å². The van der Waals surface area contributed by atoms with Crippen molar-refractivity contribution in [2.45, 2.75) is 162 Å². The van der Waals surface area contributed by atoms with E-state index in [-0.39, 0.29) is 58.1 Å². The SMILES string of the molecule is CC(C)(C)NC(=O)[C@@H](N)CC(=O)O.CC(C)(C)NC(=O)[C@@H](N)Cc1ccc(O)cc1.CC(C)(C)NC(=O)[C@@H](N)Cc1cnc[nH]1.CC(C)(C)NC(=O)[C@H]1CCCN1. The molecule has 1 fully saturated rings. The largest absolute Gasteiger partial charge is 0.508 e. The second kappa shape index (κ2) is 23.6. The Hall–Kier alpha value is -4.58. The smallest absolute Gasteiger partial charge is 0.305 e. The van der Waals surface area contributed by atoms with Crippen LogP contribution in [0.25, 0.3) is 0 Å². The van der Waals surface area contributed by atoms with Crippen molar-refractivity contribution >= 4 is 29.6 Å². The molecule has 1 aliphatic heterocycles. The molecule has 1 aliphatic rings. The number of nitrogens with one attached hydrogen (secondary N) is 6. The first-order chi connectivity index (χ1) is 25.9. The molecule has 17 nitrogen and oxygen atoms in total. The number of aromatic amines is 1. The lowest BCUT2D eigenvalue weighted by Gasteiger charge is -2.23. The van der Waals surface area contributed by atoms with Gasteiger partial charge in [0.05, 0.1) is 36.9 Å². The van der Waals surface area contributed by atoms with E-state index in [4.69, 9.17) is 27.4 Å². The van der Waals surface area contributed by atoms with Gasteiger partial charge >= 0.3 is 5.97 Å². The van der Waals surface area contributed by atoms with E-state index in [2.05, 4.69) is 36.6 Å². The average Bonchev–Trinajstić information content (AvgIpc) is 3.75. The highest BCUT2D eigenvalue weighted by Gasteiger charge is 2.25. The molecule has 14 N–H and O–H groups in total. The minimum atomic E-state index is -1.07. The number of aromatic nitrogens is 2. The summed E-state index contributed by atoms with van der Waals surface area (Å²) in [4.78, 5) is 63.0. The van der Waals surface area contributed by atoms with E-state index in [0.717, 1.165) is 30.6 Å². The zero-order valence-electron chi connectivity index (χ0n) is 36.1. The molecular weight excluding hydrogens is 733 g/mol. The van der Waals surface area contributed by atoms with Crippen LogP contribution in [0.5, 0.6) is 5.75 Å². The molecule has 1 aromatic carbocycles. The van der Waals surface area contributed by atoms with E-state index < -0.39 is 30.0 Å². The molecule has 1 aromatic heterocycles. The first-order valence-corrected chi connectivity index (χ1v) is 19.1. The molecule has 1 saturated heterocycles. The molecule has 4 amide bonds. The monoisotopic (exact) mass is 805 g/mol. The number of phenols is 1. The lowest BCUT2D eigenvalue weighted by atomic mass is 10.0. The maximum absolute atomic E-state index is 11.7. The third kappa shape index (κ3) is 27.6. The van der Waals surface area contributed by atoms with Gasteiger partial charge in [-0.25, -0.2) is 4.98 Å². The van der Waals surface area contributed by atoms with Crippen molar-refractivity contribution in [3.63, 3.8) is 0 Å². The van der Waals surface area contributed by atoms with Gasteiger partial charge < -0.3 is 59.0 Å². The molecule has 17 heteroatoms. The van der Waals surface area contributed by atoms with Gasteiger partial charge in [-0.1, -0.05) is 12.1 Å². The Morgan fingerprint density at radius 3 is 1.53 bits per heavy atom. The molecule has 0 bridgehead atoms. The van der Waals surface area contributed by atoms with Gasteiger partial charge in [-0.3, -0.25) is 24.0 Å². The van der Waals surface area contributed by atoms with Crippen LogP contribution in [0.4, 0.5) is 0 Å². The Labute approximate surface area is 338 Å². The fraction of sp³-hybridized carbons (Fsp3) is 0.650. The molecule has 0 radical (unpaired) electrons. The standard InChI is InChI=1S/C13H20N2O2.C10H18N4O.C9H18N2O.C8H16N2O3/c1-13(2,3)15-12(17)11(14)8-9-4-6-10(16)7-5-9;1-10(2,3)14-9(15)8(11)4-7-5-12-6-13-7;1-9(2,3)11-8(12)7-5-4-6-10-7;1-8(2,3)10-7(13)5(9)4-6(11)12/h4-7,11,16H,8,14H2,1-3H3,(H,15,17);5-6,8H,4,11H2,1-3H3,(H,12,13)(H,14,15);7,10H,4-6H2,1-3H3,(H,11,12);5H,4,9H2,1-3H3,(H,10,13)(H,11,12)/t11-;8-;7-;5-/m0010/s1. The highest BCUT2D eigenvalue weighted by molar-refractivity contribution is 5.86. The number of hydrogen-bond donors (Lipinski definition) is 11.